The Labute approximate surface area is 142 Å². The quantitative estimate of drug-likeness (QED) is 0.629. The Morgan fingerprint density at radius 1 is 1.04 bits per heavy atom. The summed E-state index contributed by atoms with van der Waals surface area (Å²) >= 11 is 0. The van der Waals surface area contributed by atoms with Crippen LogP contribution in [0.4, 0.5) is 0 Å². The van der Waals surface area contributed by atoms with Crippen LogP contribution in [0.25, 0.3) is 0 Å². The predicted molar refractivity (Wildman–Crippen MR) is 88.5 cm³/mol. The lowest BCUT2D eigenvalue weighted by atomic mass is 9.97. The van der Waals surface area contributed by atoms with Crippen LogP contribution in [0.15, 0.2) is 24.3 Å². The number of hydrogen-bond acceptors (Lipinski definition) is 4. The van der Waals surface area contributed by atoms with E-state index < -0.39 is 23.8 Å². The zero-order valence-corrected chi connectivity index (χ0v) is 14.2. The highest BCUT2D eigenvalue weighted by Crippen LogP contribution is 2.29. The first-order valence-corrected chi connectivity index (χ1v) is 8.68. The summed E-state index contributed by atoms with van der Waals surface area (Å²) in [5.74, 6) is -1.49. The van der Waals surface area contributed by atoms with Gasteiger partial charge in [0.25, 0.3) is 11.8 Å². The number of carbonyl (C=O) groups excluding carboxylic acids is 3. The Morgan fingerprint density at radius 2 is 1.58 bits per heavy atom. The Bertz CT molecular complexity index is 626. The average Bonchev–Trinajstić information content (AvgIpc) is 2.81. The first-order valence-electron chi connectivity index (χ1n) is 8.68. The molecule has 0 N–H and O–H groups in total. The minimum absolute atomic E-state index is 0.0947. The van der Waals surface area contributed by atoms with Crippen molar-refractivity contribution in [3.05, 3.63) is 35.4 Å². The van der Waals surface area contributed by atoms with E-state index in [0.29, 0.717) is 11.1 Å². The van der Waals surface area contributed by atoms with E-state index in [1.165, 1.54) is 6.42 Å². The van der Waals surface area contributed by atoms with Gasteiger partial charge in [-0.25, -0.2) is 4.79 Å². The van der Waals surface area contributed by atoms with Gasteiger partial charge in [0.05, 0.1) is 11.1 Å². The third-order valence-corrected chi connectivity index (χ3v) is 4.81. The molecule has 1 saturated carbocycles. The zero-order valence-electron chi connectivity index (χ0n) is 14.2. The highest BCUT2D eigenvalue weighted by molar-refractivity contribution is 6.22. The monoisotopic (exact) mass is 329 g/mol. The number of benzene rings is 1. The minimum atomic E-state index is -0.876. The SMILES string of the molecule is CC(C)C(C(=O)OC1CCCCC1)N1C(=O)c2ccccc2C1=O. The Hall–Kier alpha value is -2.17. The molecule has 0 saturated heterocycles. The van der Waals surface area contributed by atoms with Crippen molar-refractivity contribution in [1.29, 1.82) is 0 Å². The van der Waals surface area contributed by atoms with E-state index in [1.807, 2.05) is 13.8 Å². The molecule has 2 aliphatic rings. The van der Waals surface area contributed by atoms with Crippen LogP contribution in [0.5, 0.6) is 0 Å². The van der Waals surface area contributed by atoms with E-state index in [0.717, 1.165) is 30.6 Å². The second-order valence-corrected chi connectivity index (χ2v) is 6.91. The fourth-order valence-electron chi connectivity index (χ4n) is 3.55. The summed E-state index contributed by atoms with van der Waals surface area (Å²) in [5, 5.41) is 0. The number of amides is 2. The van der Waals surface area contributed by atoms with Crippen LogP contribution in [0.3, 0.4) is 0 Å². The van der Waals surface area contributed by atoms with Gasteiger partial charge in [-0.05, 0) is 43.7 Å². The standard InChI is InChI=1S/C19H23NO4/c1-12(2)16(19(23)24-13-8-4-3-5-9-13)20-17(21)14-10-6-7-11-15(14)18(20)22/h6-7,10-13,16H,3-5,8-9H2,1-2H3. The number of carbonyl (C=O) groups is 3. The van der Waals surface area contributed by atoms with Gasteiger partial charge in [-0.1, -0.05) is 32.4 Å². The van der Waals surface area contributed by atoms with Crippen LogP contribution in [0, 0.1) is 5.92 Å². The van der Waals surface area contributed by atoms with E-state index in [4.69, 9.17) is 4.74 Å². The molecule has 1 aliphatic carbocycles. The van der Waals surface area contributed by atoms with Crippen molar-refractivity contribution in [2.45, 2.75) is 58.1 Å². The number of hydrogen-bond donors (Lipinski definition) is 0. The lowest BCUT2D eigenvalue weighted by molar-refractivity contribution is -0.156. The van der Waals surface area contributed by atoms with Gasteiger partial charge in [0.2, 0.25) is 0 Å². The van der Waals surface area contributed by atoms with Crippen LogP contribution < -0.4 is 0 Å². The van der Waals surface area contributed by atoms with Gasteiger partial charge in [-0.3, -0.25) is 14.5 Å². The van der Waals surface area contributed by atoms with Crippen molar-refractivity contribution in [2.24, 2.45) is 5.92 Å². The van der Waals surface area contributed by atoms with E-state index >= 15 is 0 Å². The van der Waals surface area contributed by atoms with Crippen LogP contribution >= 0.6 is 0 Å². The van der Waals surface area contributed by atoms with Crippen molar-refractivity contribution < 1.29 is 19.1 Å². The van der Waals surface area contributed by atoms with E-state index in [1.54, 1.807) is 24.3 Å². The number of fused-ring (bicyclic) bond motifs is 1. The summed E-state index contributed by atoms with van der Waals surface area (Å²) in [6, 6.07) is 5.81. The van der Waals surface area contributed by atoms with Gasteiger partial charge in [-0.2, -0.15) is 0 Å². The first-order chi connectivity index (χ1) is 11.5. The average molecular weight is 329 g/mol. The maximum atomic E-state index is 12.7. The lowest BCUT2D eigenvalue weighted by Crippen LogP contribution is -2.49. The molecule has 1 aromatic carbocycles. The number of imide groups is 1. The predicted octanol–water partition coefficient (Wildman–Crippen LogP) is 3.18. The van der Waals surface area contributed by atoms with Crippen molar-refractivity contribution in [3.63, 3.8) is 0 Å². The second-order valence-electron chi connectivity index (χ2n) is 6.91. The van der Waals surface area contributed by atoms with Crippen LogP contribution in [0.1, 0.15) is 66.7 Å². The molecular formula is C19H23NO4. The van der Waals surface area contributed by atoms with Crippen LogP contribution in [-0.2, 0) is 9.53 Å². The molecule has 1 atom stereocenters. The molecule has 128 valence electrons. The van der Waals surface area contributed by atoms with Crippen LogP contribution in [0.2, 0.25) is 0 Å². The fourth-order valence-corrected chi connectivity index (χ4v) is 3.55. The molecule has 0 aromatic heterocycles. The summed E-state index contributed by atoms with van der Waals surface area (Å²) in [6.07, 6.45) is 4.90. The molecule has 1 aromatic rings. The van der Waals surface area contributed by atoms with E-state index in [-0.39, 0.29) is 12.0 Å². The third kappa shape index (κ3) is 2.95. The molecule has 5 nitrogen and oxygen atoms in total. The molecule has 5 heteroatoms. The number of ether oxygens (including phenoxy) is 1. The largest absolute Gasteiger partial charge is 0.461 e. The normalized spacial score (nSPS) is 19.5. The molecule has 24 heavy (non-hydrogen) atoms. The summed E-state index contributed by atoms with van der Waals surface area (Å²) < 4.78 is 5.64. The Balaban J connectivity index is 1.82. The maximum absolute atomic E-state index is 12.7. The van der Waals surface area contributed by atoms with E-state index in [2.05, 4.69) is 0 Å². The van der Waals surface area contributed by atoms with Gasteiger partial charge in [-0.15, -0.1) is 0 Å². The molecule has 1 fully saturated rings. The number of nitrogens with zero attached hydrogens (tertiary/aromatic N) is 1. The summed E-state index contributed by atoms with van der Waals surface area (Å²) in [5.41, 5.74) is 0.720. The van der Waals surface area contributed by atoms with E-state index in [9.17, 15) is 14.4 Å². The number of esters is 1. The molecule has 1 aliphatic heterocycles. The molecule has 0 bridgehead atoms. The van der Waals surface area contributed by atoms with Crippen molar-refractivity contribution in [3.8, 4) is 0 Å². The summed E-state index contributed by atoms with van der Waals surface area (Å²) in [7, 11) is 0. The van der Waals surface area contributed by atoms with Gasteiger partial charge in [0.1, 0.15) is 12.1 Å². The van der Waals surface area contributed by atoms with Gasteiger partial charge < -0.3 is 4.74 Å². The molecule has 2 amide bonds. The molecule has 0 spiro atoms. The third-order valence-electron chi connectivity index (χ3n) is 4.81. The highest BCUT2D eigenvalue weighted by atomic mass is 16.5. The van der Waals surface area contributed by atoms with Crippen molar-refractivity contribution >= 4 is 17.8 Å². The van der Waals surface area contributed by atoms with Gasteiger partial charge >= 0.3 is 5.97 Å². The Kier molecular flexibility index (Phi) is 4.69. The summed E-state index contributed by atoms with van der Waals surface area (Å²) in [6.45, 7) is 3.66. The fraction of sp³-hybridized carbons (Fsp3) is 0.526. The van der Waals surface area contributed by atoms with Crippen molar-refractivity contribution in [2.75, 3.05) is 0 Å². The summed E-state index contributed by atoms with van der Waals surface area (Å²) in [4.78, 5) is 39.1. The smallest absolute Gasteiger partial charge is 0.329 e. The van der Waals surface area contributed by atoms with Gasteiger partial charge in [0.15, 0.2) is 0 Å². The second kappa shape index (κ2) is 6.75. The lowest BCUT2D eigenvalue weighted by Gasteiger charge is -2.30. The topological polar surface area (TPSA) is 63.7 Å². The first kappa shape index (κ1) is 16.7. The zero-order chi connectivity index (χ0) is 17.3. The van der Waals surface area contributed by atoms with Gasteiger partial charge in [0, 0.05) is 0 Å². The molecule has 1 heterocycles. The number of rotatable bonds is 4. The minimum Gasteiger partial charge on any atom is -0.461 e. The molecule has 1 unspecified atom stereocenters. The highest BCUT2D eigenvalue weighted by Gasteiger charge is 2.45. The Morgan fingerprint density at radius 3 is 2.08 bits per heavy atom. The maximum Gasteiger partial charge on any atom is 0.329 e. The molecular weight excluding hydrogens is 306 g/mol. The molecule has 0 radical (unpaired) electrons. The molecule has 3 rings (SSSR count). The van der Waals surface area contributed by atoms with Crippen molar-refractivity contribution in [1.82, 2.24) is 4.90 Å². The van der Waals surface area contributed by atoms with Crippen LogP contribution in [-0.4, -0.2) is 34.8 Å².